The Morgan fingerprint density at radius 2 is 2.03 bits per heavy atom. The van der Waals surface area contributed by atoms with Gasteiger partial charge in [0.25, 0.3) is 0 Å². The van der Waals surface area contributed by atoms with Crippen molar-refractivity contribution < 1.29 is 18.7 Å². The quantitative estimate of drug-likeness (QED) is 0.739. The average Bonchev–Trinajstić information content (AvgIpc) is 3.19. The van der Waals surface area contributed by atoms with Crippen LogP contribution < -0.4 is 9.64 Å². The highest BCUT2D eigenvalue weighted by Crippen LogP contribution is 2.37. The molecule has 0 N–H and O–H groups in total. The Labute approximate surface area is 180 Å². The van der Waals surface area contributed by atoms with Crippen molar-refractivity contribution >= 4 is 17.6 Å². The van der Waals surface area contributed by atoms with E-state index in [-0.39, 0.29) is 23.9 Å². The van der Waals surface area contributed by atoms with Crippen LogP contribution in [0.1, 0.15) is 37.8 Å². The first kappa shape index (κ1) is 20.8. The number of carbonyl (C=O) groups excluding carboxylic acids is 1. The first-order valence-electron chi connectivity index (χ1n) is 10.4. The molecule has 2 aliphatic heterocycles. The smallest absolute Gasteiger partial charge is 0.410 e. The van der Waals surface area contributed by atoms with Crippen LogP contribution in [0.2, 0.25) is 0 Å². The molecule has 1 saturated heterocycles. The van der Waals surface area contributed by atoms with Gasteiger partial charge in [0, 0.05) is 38.2 Å². The third-order valence-electron chi connectivity index (χ3n) is 5.42. The molecule has 1 amide bonds. The Balaban J connectivity index is 1.44. The minimum absolute atomic E-state index is 0.0125. The first-order chi connectivity index (χ1) is 15.0. The third-order valence-corrected chi connectivity index (χ3v) is 5.42. The van der Waals surface area contributed by atoms with Crippen LogP contribution in [-0.2, 0) is 11.2 Å². The van der Waals surface area contributed by atoms with Crippen molar-refractivity contribution in [1.82, 2.24) is 14.9 Å². The number of ether oxygens (including phenoxy) is 2. The van der Waals surface area contributed by atoms with Gasteiger partial charge in [-0.25, -0.2) is 19.2 Å². The number of fused-ring (bicyclic) bond motifs is 1. The average molecular weight is 425 g/mol. The monoisotopic (exact) mass is 425 g/mol. The molecule has 162 valence electrons. The van der Waals surface area contributed by atoms with Crippen molar-refractivity contribution in [1.29, 1.82) is 5.26 Å². The number of carbonyl (C=O) groups is 1. The van der Waals surface area contributed by atoms with E-state index in [0.29, 0.717) is 56.3 Å². The molecule has 0 radical (unpaired) electrons. The van der Waals surface area contributed by atoms with Crippen molar-refractivity contribution in [3.05, 3.63) is 41.5 Å². The standard InChI is InChI=1S/C22H24FN5O3/c1-14(2)30-22(29)27-8-5-17(6-9-27)31-21-18-7-10-28(20(18)25-13-26-21)16-4-3-15(12-24)19(23)11-16/h3-4,11,13-14,17H,5-10H2,1-2H3. The Morgan fingerprint density at radius 3 is 2.71 bits per heavy atom. The van der Waals surface area contributed by atoms with Gasteiger partial charge in [-0.05, 0) is 38.5 Å². The number of likely N-dealkylation sites (tertiary alicyclic amines) is 1. The van der Waals surface area contributed by atoms with Crippen LogP contribution in [0.15, 0.2) is 24.5 Å². The largest absolute Gasteiger partial charge is 0.474 e. The summed E-state index contributed by atoms with van der Waals surface area (Å²) in [5.74, 6) is 0.665. The number of hydrogen-bond acceptors (Lipinski definition) is 7. The first-order valence-corrected chi connectivity index (χ1v) is 10.4. The summed E-state index contributed by atoms with van der Waals surface area (Å²) in [6.07, 6.45) is 3.02. The molecule has 1 aromatic heterocycles. The highest BCUT2D eigenvalue weighted by molar-refractivity contribution is 5.69. The van der Waals surface area contributed by atoms with Gasteiger partial charge in [-0.2, -0.15) is 5.26 Å². The van der Waals surface area contributed by atoms with Crippen molar-refractivity contribution in [2.45, 2.75) is 45.3 Å². The number of anilines is 2. The molecule has 0 spiro atoms. The summed E-state index contributed by atoms with van der Waals surface area (Å²) in [4.78, 5) is 24.4. The van der Waals surface area contributed by atoms with Crippen LogP contribution in [0.25, 0.3) is 0 Å². The summed E-state index contributed by atoms with van der Waals surface area (Å²) >= 11 is 0. The predicted molar refractivity (Wildman–Crippen MR) is 111 cm³/mol. The maximum Gasteiger partial charge on any atom is 0.410 e. The van der Waals surface area contributed by atoms with Gasteiger partial charge in [0.2, 0.25) is 5.88 Å². The topological polar surface area (TPSA) is 91.6 Å². The second-order valence-corrected chi connectivity index (χ2v) is 7.90. The van der Waals surface area contributed by atoms with E-state index in [1.54, 1.807) is 11.0 Å². The molecule has 3 heterocycles. The summed E-state index contributed by atoms with van der Waals surface area (Å²) in [5.41, 5.74) is 1.53. The molecule has 0 saturated carbocycles. The van der Waals surface area contributed by atoms with Crippen LogP contribution in [0, 0.1) is 17.1 Å². The second-order valence-electron chi connectivity index (χ2n) is 7.90. The lowest BCUT2D eigenvalue weighted by molar-refractivity contribution is 0.0505. The van der Waals surface area contributed by atoms with Gasteiger partial charge in [0.05, 0.1) is 17.2 Å². The van der Waals surface area contributed by atoms with E-state index in [2.05, 4.69) is 9.97 Å². The van der Waals surface area contributed by atoms with Crippen molar-refractivity contribution in [3.63, 3.8) is 0 Å². The molecule has 2 aromatic rings. The number of halogens is 1. The summed E-state index contributed by atoms with van der Waals surface area (Å²) < 4.78 is 25.5. The molecule has 4 rings (SSSR count). The summed E-state index contributed by atoms with van der Waals surface area (Å²) in [6.45, 7) is 5.42. The molecule has 31 heavy (non-hydrogen) atoms. The zero-order valence-corrected chi connectivity index (χ0v) is 17.5. The Hall–Kier alpha value is -3.41. The number of nitriles is 1. The molecule has 1 fully saturated rings. The fraction of sp³-hybridized carbons (Fsp3) is 0.455. The highest BCUT2D eigenvalue weighted by Gasteiger charge is 2.30. The minimum atomic E-state index is -0.554. The molecular formula is C22H24FN5O3. The third kappa shape index (κ3) is 4.38. The maximum atomic E-state index is 14.1. The number of piperidine rings is 1. The Morgan fingerprint density at radius 1 is 1.26 bits per heavy atom. The van der Waals surface area contributed by atoms with Crippen LogP contribution in [-0.4, -0.2) is 52.8 Å². The summed E-state index contributed by atoms with van der Waals surface area (Å²) in [7, 11) is 0. The zero-order valence-electron chi connectivity index (χ0n) is 17.5. The van der Waals surface area contributed by atoms with E-state index in [9.17, 15) is 9.18 Å². The SMILES string of the molecule is CC(C)OC(=O)N1CCC(Oc2ncnc3c2CCN3c2ccc(C#N)c(F)c2)CC1. The molecular weight excluding hydrogens is 401 g/mol. The van der Waals surface area contributed by atoms with Crippen molar-refractivity contribution in [2.75, 3.05) is 24.5 Å². The van der Waals surface area contributed by atoms with Crippen molar-refractivity contribution in [3.8, 4) is 11.9 Å². The zero-order chi connectivity index (χ0) is 22.0. The van der Waals surface area contributed by atoms with Crippen LogP contribution in [0.5, 0.6) is 5.88 Å². The van der Waals surface area contributed by atoms with Gasteiger partial charge in [-0.3, -0.25) is 0 Å². The molecule has 9 heteroatoms. The fourth-order valence-corrected chi connectivity index (χ4v) is 3.87. The molecule has 1 aromatic carbocycles. The number of amides is 1. The van der Waals surface area contributed by atoms with E-state index in [0.717, 1.165) is 5.56 Å². The lowest BCUT2D eigenvalue weighted by Crippen LogP contribution is -2.42. The van der Waals surface area contributed by atoms with Gasteiger partial charge < -0.3 is 19.3 Å². The van der Waals surface area contributed by atoms with Gasteiger partial charge >= 0.3 is 6.09 Å². The molecule has 0 bridgehead atoms. The Kier molecular flexibility index (Phi) is 5.89. The van der Waals surface area contributed by atoms with E-state index in [4.69, 9.17) is 14.7 Å². The van der Waals surface area contributed by atoms with Crippen LogP contribution in [0.4, 0.5) is 20.7 Å². The fourth-order valence-electron chi connectivity index (χ4n) is 3.87. The van der Waals surface area contributed by atoms with E-state index < -0.39 is 5.82 Å². The van der Waals surface area contributed by atoms with E-state index in [1.165, 1.54) is 18.5 Å². The molecule has 0 aliphatic carbocycles. The summed E-state index contributed by atoms with van der Waals surface area (Å²) in [6, 6.07) is 6.37. The lowest BCUT2D eigenvalue weighted by atomic mass is 10.1. The van der Waals surface area contributed by atoms with E-state index in [1.807, 2.05) is 24.8 Å². The van der Waals surface area contributed by atoms with Crippen LogP contribution >= 0.6 is 0 Å². The van der Waals surface area contributed by atoms with Crippen molar-refractivity contribution in [2.24, 2.45) is 0 Å². The number of nitrogens with zero attached hydrogens (tertiary/aromatic N) is 5. The normalized spacial score (nSPS) is 16.2. The minimum Gasteiger partial charge on any atom is -0.474 e. The second kappa shape index (κ2) is 8.76. The van der Waals surface area contributed by atoms with Gasteiger partial charge in [0.15, 0.2) is 0 Å². The number of hydrogen-bond donors (Lipinski definition) is 0. The van der Waals surface area contributed by atoms with Gasteiger partial charge in [-0.1, -0.05) is 0 Å². The molecule has 0 unspecified atom stereocenters. The number of aromatic nitrogens is 2. The van der Waals surface area contributed by atoms with E-state index >= 15 is 0 Å². The molecule has 0 atom stereocenters. The number of benzene rings is 1. The maximum absolute atomic E-state index is 14.1. The highest BCUT2D eigenvalue weighted by atomic mass is 19.1. The van der Waals surface area contributed by atoms with Gasteiger partial charge in [-0.15, -0.1) is 0 Å². The molecule has 8 nitrogen and oxygen atoms in total. The molecule has 2 aliphatic rings. The summed E-state index contributed by atoms with van der Waals surface area (Å²) in [5, 5.41) is 8.94. The van der Waals surface area contributed by atoms with Gasteiger partial charge in [0.1, 0.15) is 30.1 Å². The lowest BCUT2D eigenvalue weighted by Gasteiger charge is -2.32. The van der Waals surface area contributed by atoms with Crippen LogP contribution in [0.3, 0.4) is 0 Å². The Bertz CT molecular complexity index is 1010. The number of rotatable bonds is 4. The predicted octanol–water partition coefficient (Wildman–Crippen LogP) is 3.57.